The predicted octanol–water partition coefficient (Wildman–Crippen LogP) is 3.55. The maximum Gasteiger partial charge on any atom is 0.412 e. The summed E-state index contributed by atoms with van der Waals surface area (Å²) in [4.78, 5) is 14.0. The van der Waals surface area contributed by atoms with Crippen LogP contribution in [0.25, 0.3) is 0 Å². The van der Waals surface area contributed by atoms with Crippen molar-refractivity contribution < 1.29 is 14.3 Å². The highest BCUT2D eigenvalue weighted by Crippen LogP contribution is 2.24. The first-order valence-corrected chi connectivity index (χ1v) is 6.98. The molecule has 4 heteroatoms. The van der Waals surface area contributed by atoms with Crippen LogP contribution < -0.4 is 0 Å². The van der Waals surface area contributed by atoms with Gasteiger partial charge in [-0.1, -0.05) is 19.8 Å². The molecule has 2 unspecified atom stereocenters. The van der Waals surface area contributed by atoms with E-state index in [1.807, 2.05) is 27.7 Å². The van der Waals surface area contributed by atoms with Gasteiger partial charge in [0.1, 0.15) is 11.8 Å². The molecule has 2 atom stereocenters. The summed E-state index contributed by atoms with van der Waals surface area (Å²) in [5.74, 6) is 0. The van der Waals surface area contributed by atoms with E-state index in [2.05, 4.69) is 6.92 Å². The monoisotopic (exact) mass is 257 g/mol. The average molecular weight is 257 g/mol. The second-order valence-electron chi connectivity index (χ2n) is 5.94. The van der Waals surface area contributed by atoms with Crippen LogP contribution in [0.15, 0.2) is 0 Å². The minimum absolute atomic E-state index is 0.185. The van der Waals surface area contributed by atoms with E-state index in [1.54, 1.807) is 4.90 Å². The van der Waals surface area contributed by atoms with E-state index in [-0.39, 0.29) is 18.4 Å². The summed E-state index contributed by atoms with van der Waals surface area (Å²) in [6.07, 6.45) is 3.78. The zero-order valence-electron chi connectivity index (χ0n) is 12.4. The van der Waals surface area contributed by atoms with Crippen LogP contribution in [-0.2, 0) is 9.47 Å². The van der Waals surface area contributed by atoms with Crippen LogP contribution in [-0.4, -0.2) is 35.5 Å². The van der Waals surface area contributed by atoms with E-state index in [0.717, 1.165) is 32.3 Å². The molecule has 18 heavy (non-hydrogen) atoms. The normalized spacial score (nSPS) is 25.1. The first-order valence-electron chi connectivity index (χ1n) is 6.98. The highest BCUT2D eigenvalue weighted by Gasteiger charge is 2.34. The van der Waals surface area contributed by atoms with E-state index in [9.17, 15) is 4.79 Å². The SMILES string of the molecule is CCCCC1CCOC(C)N1C(=O)OC(C)(C)C. The Bertz CT molecular complexity index is 273. The molecule has 1 amide bonds. The van der Waals surface area contributed by atoms with Crippen LogP contribution in [0.3, 0.4) is 0 Å². The smallest absolute Gasteiger partial charge is 0.412 e. The lowest BCUT2D eigenvalue weighted by atomic mass is 10.0. The minimum Gasteiger partial charge on any atom is -0.444 e. The fourth-order valence-electron chi connectivity index (χ4n) is 2.23. The second kappa shape index (κ2) is 6.41. The fourth-order valence-corrected chi connectivity index (χ4v) is 2.23. The lowest BCUT2D eigenvalue weighted by molar-refractivity contribution is -0.111. The number of hydrogen-bond donors (Lipinski definition) is 0. The zero-order chi connectivity index (χ0) is 13.8. The van der Waals surface area contributed by atoms with E-state index in [1.165, 1.54) is 0 Å². The molecule has 106 valence electrons. The van der Waals surface area contributed by atoms with Crippen LogP contribution in [0.1, 0.15) is 60.3 Å². The summed E-state index contributed by atoms with van der Waals surface area (Å²) >= 11 is 0. The Morgan fingerprint density at radius 1 is 1.44 bits per heavy atom. The third-order valence-corrected chi connectivity index (χ3v) is 3.09. The van der Waals surface area contributed by atoms with Gasteiger partial charge in [0.05, 0.1) is 6.61 Å². The fraction of sp³-hybridized carbons (Fsp3) is 0.929. The van der Waals surface area contributed by atoms with Crippen molar-refractivity contribution in [2.45, 2.75) is 78.2 Å². The van der Waals surface area contributed by atoms with Crippen LogP contribution in [0, 0.1) is 0 Å². The van der Waals surface area contributed by atoms with Gasteiger partial charge in [-0.25, -0.2) is 4.79 Å². The van der Waals surface area contributed by atoms with Crippen molar-refractivity contribution in [2.24, 2.45) is 0 Å². The van der Waals surface area contributed by atoms with Gasteiger partial charge in [-0.3, -0.25) is 4.90 Å². The molecule has 0 N–H and O–H groups in total. The first-order chi connectivity index (χ1) is 8.35. The van der Waals surface area contributed by atoms with Crippen molar-refractivity contribution in [3.05, 3.63) is 0 Å². The van der Waals surface area contributed by atoms with Gasteiger partial charge in [-0.15, -0.1) is 0 Å². The number of amides is 1. The number of carbonyl (C=O) groups excluding carboxylic acids is 1. The number of ether oxygens (including phenoxy) is 2. The summed E-state index contributed by atoms with van der Waals surface area (Å²) in [7, 11) is 0. The van der Waals surface area contributed by atoms with E-state index in [0.29, 0.717) is 0 Å². The van der Waals surface area contributed by atoms with Gasteiger partial charge < -0.3 is 9.47 Å². The van der Waals surface area contributed by atoms with E-state index >= 15 is 0 Å². The van der Waals surface area contributed by atoms with Crippen molar-refractivity contribution in [1.29, 1.82) is 0 Å². The Morgan fingerprint density at radius 2 is 2.11 bits per heavy atom. The maximum absolute atomic E-state index is 12.2. The Labute approximate surface area is 111 Å². The molecular weight excluding hydrogens is 230 g/mol. The van der Waals surface area contributed by atoms with Gasteiger partial charge in [0.2, 0.25) is 0 Å². The lowest BCUT2D eigenvalue weighted by Crippen LogP contribution is -2.52. The van der Waals surface area contributed by atoms with Crippen molar-refractivity contribution in [1.82, 2.24) is 4.90 Å². The Morgan fingerprint density at radius 3 is 2.67 bits per heavy atom. The Kier molecular flexibility index (Phi) is 5.45. The molecule has 1 rings (SSSR count). The van der Waals surface area contributed by atoms with Crippen molar-refractivity contribution in [2.75, 3.05) is 6.61 Å². The molecule has 0 aromatic carbocycles. The quantitative estimate of drug-likeness (QED) is 0.776. The molecule has 0 spiro atoms. The third kappa shape index (κ3) is 4.48. The zero-order valence-corrected chi connectivity index (χ0v) is 12.4. The molecule has 1 fully saturated rings. The number of nitrogens with zero attached hydrogens (tertiary/aromatic N) is 1. The summed E-state index contributed by atoms with van der Waals surface area (Å²) in [5.41, 5.74) is -0.455. The van der Waals surface area contributed by atoms with E-state index in [4.69, 9.17) is 9.47 Å². The largest absolute Gasteiger partial charge is 0.444 e. The van der Waals surface area contributed by atoms with Gasteiger partial charge >= 0.3 is 6.09 Å². The van der Waals surface area contributed by atoms with Crippen LogP contribution in [0.2, 0.25) is 0 Å². The third-order valence-electron chi connectivity index (χ3n) is 3.09. The molecule has 4 nitrogen and oxygen atoms in total. The van der Waals surface area contributed by atoms with Gasteiger partial charge in [-0.05, 0) is 40.5 Å². The Balaban J connectivity index is 2.68. The summed E-state index contributed by atoms with van der Waals surface area (Å²) in [6, 6.07) is 0.253. The second-order valence-corrected chi connectivity index (χ2v) is 5.94. The molecule has 0 bridgehead atoms. The minimum atomic E-state index is -0.455. The summed E-state index contributed by atoms with van der Waals surface area (Å²) < 4.78 is 11.0. The number of carbonyl (C=O) groups is 1. The molecule has 1 heterocycles. The number of rotatable bonds is 3. The molecule has 0 aromatic rings. The van der Waals surface area contributed by atoms with Gasteiger partial charge in [-0.2, -0.15) is 0 Å². The molecular formula is C14H27NO3. The van der Waals surface area contributed by atoms with Crippen LogP contribution >= 0.6 is 0 Å². The first kappa shape index (κ1) is 15.3. The molecule has 0 saturated carbocycles. The standard InChI is InChI=1S/C14H27NO3/c1-6-7-8-12-9-10-17-11(2)15(12)13(16)18-14(3,4)5/h11-12H,6-10H2,1-5H3. The summed E-state index contributed by atoms with van der Waals surface area (Å²) in [6.45, 7) is 10.5. The average Bonchev–Trinajstić information content (AvgIpc) is 2.23. The van der Waals surface area contributed by atoms with Gasteiger partial charge in [0, 0.05) is 6.04 Å². The van der Waals surface area contributed by atoms with Gasteiger partial charge in [0.25, 0.3) is 0 Å². The molecule has 1 aliphatic rings. The maximum atomic E-state index is 12.2. The molecule has 0 aliphatic carbocycles. The van der Waals surface area contributed by atoms with Gasteiger partial charge in [0.15, 0.2) is 0 Å². The van der Waals surface area contributed by atoms with Crippen molar-refractivity contribution in [3.8, 4) is 0 Å². The lowest BCUT2D eigenvalue weighted by Gasteiger charge is -2.40. The number of hydrogen-bond acceptors (Lipinski definition) is 3. The Hall–Kier alpha value is -0.770. The van der Waals surface area contributed by atoms with Crippen LogP contribution in [0.4, 0.5) is 4.79 Å². The van der Waals surface area contributed by atoms with Crippen molar-refractivity contribution >= 4 is 6.09 Å². The predicted molar refractivity (Wildman–Crippen MR) is 71.4 cm³/mol. The van der Waals surface area contributed by atoms with Crippen LogP contribution in [0.5, 0.6) is 0 Å². The van der Waals surface area contributed by atoms with E-state index < -0.39 is 5.60 Å². The molecule has 1 saturated heterocycles. The highest BCUT2D eigenvalue weighted by atomic mass is 16.6. The topological polar surface area (TPSA) is 38.8 Å². The molecule has 0 aromatic heterocycles. The highest BCUT2D eigenvalue weighted by molar-refractivity contribution is 5.68. The molecule has 1 aliphatic heterocycles. The number of unbranched alkanes of at least 4 members (excludes halogenated alkanes) is 1. The summed E-state index contributed by atoms with van der Waals surface area (Å²) in [5, 5.41) is 0. The molecule has 0 radical (unpaired) electrons. The van der Waals surface area contributed by atoms with Crippen molar-refractivity contribution in [3.63, 3.8) is 0 Å².